The molecule has 1 amide bonds. The van der Waals surface area contributed by atoms with Crippen molar-refractivity contribution in [2.45, 2.75) is 24.9 Å². The summed E-state index contributed by atoms with van der Waals surface area (Å²) in [5.41, 5.74) is 0.857. The standard InChI is InChI=1S/C20H18F3N3O/c21-20(22,23)16-6-2-1-5-15(16)13-7-10-26(11-8-13)19(27)17-12-14-4-3-9-24-18(14)25-17/h1-6,9,12-13H,7-8,10-11H2,(H,24,25). The van der Waals surface area contributed by atoms with Crippen LogP contribution in [-0.2, 0) is 6.18 Å². The minimum absolute atomic E-state index is 0.143. The molecule has 4 rings (SSSR count). The van der Waals surface area contributed by atoms with E-state index in [4.69, 9.17) is 0 Å². The molecule has 4 nitrogen and oxygen atoms in total. The molecule has 3 aromatic rings. The highest BCUT2D eigenvalue weighted by molar-refractivity contribution is 5.97. The summed E-state index contributed by atoms with van der Waals surface area (Å²) in [7, 11) is 0. The van der Waals surface area contributed by atoms with Gasteiger partial charge < -0.3 is 9.88 Å². The number of likely N-dealkylation sites (tertiary alicyclic amines) is 1. The van der Waals surface area contributed by atoms with Gasteiger partial charge in [0.05, 0.1) is 5.56 Å². The van der Waals surface area contributed by atoms with Gasteiger partial charge in [-0.3, -0.25) is 4.79 Å². The molecule has 7 heteroatoms. The van der Waals surface area contributed by atoms with Crippen LogP contribution in [0.3, 0.4) is 0 Å². The quantitative estimate of drug-likeness (QED) is 0.714. The zero-order valence-electron chi connectivity index (χ0n) is 14.5. The first kappa shape index (κ1) is 17.6. The highest BCUT2D eigenvalue weighted by atomic mass is 19.4. The minimum atomic E-state index is -4.36. The van der Waals surface area contributed by atoms with Crippen LogP contribution in [0.1, 0.15) is 40.4 Å². The highest BCUT2D eigenvalue weighted by Gasteiger charge is 2.36. The van der Waals surface area contributed by atoms with Crippen molar-refractivity contribution in [2.75, 3.05) is 13.1 Å². The number of nitrogens with zero attached hydrogens (tertiary/aromatic N) is 2. The first-order chi connectivity index (χ1) is 12.9. The Hall–Kier alpha value is -2.83. The second-order valence-electron chi connectivity index (χ2n) is 6.78. The fraction of sp³-hybridized carbons (Fsp3) is 0.300. The van der Waals surface area contributed by atoms with Gasteiger partial charge in [0.1, 0.15) is 11.3 Å². The Morgan fingerprint density at radius 2 is 1.85 bits per heavy atom. The number of aromatic nitrogens is 2. The van der Waals surface area contributed by atoms with Crippen LogP contribution in [0.2, 0.25) is 0 Å². The predicted octanol–water partition coefficient (Wildman–Crippen LogP) is 4.60. The van der Waals surface area contributed by atoms with Crippen LogP contribution in [0, 0.1) is 0 Å². The fourth-order valence-corrected chi connectivity index (χ4v) is 3.75. The van der Waals surface area contributed by atoms with Crippen LogP contribution < -0.4 is 0 Å². The molecule has 1 aliphatic rings. The van der Waals surface area contributed by atoms with E-state index in [2.05, 4.69) is 9.97 Å². The molecule has 3 heterocycles. The number of H-pyrrole nitrogens is 1. The Kier molecular flexibility index (Phi) is 4.37. The van der Waals surface area contributed by atoms with E-state index in [1.165, 1.54) is 6.07 Å². The lowest BCUT2D eigenvalue weighted by Crippen LogP contribution is -2.38. The summed E-state index contributed by atoms with van der Waals surface area (Å²) in [5, 5.41) is 0.856. The Labute approximate surface area is 154 Å². The topological polar surface area (TPSA) is 49.0 Å². The molecule has 0 unspecified atom stereocenters. The Morgan fingerprint density at radius 1 is 1.11 bits per heavy atom. The number of carbonyl (C=O) groups is 1. The maximum atomic E-state index is 13.3. The summed E-state index contributed by atoms with van der Waals surface area (Å²) >= 11 is 0. The van der Waals surface area contributed by atoms with Gasteiger partial charge in [-0.05, 0) is 48.6 Å². The van der Waals surface area contributed by atoms with E-state index in [0.29, 0.717) is 42.8 Å². The molecule has 0 aliphatic carbocycles. The van der Waals surface area contributed by atoms with Crippen molar-refractivity contribution in [1.29, 1.82) is 0 Å². The second kappa shape index (κ2) is 6.72. The molecule has 2 aromatic heterocycles. The number of halogens is 3. The van der Waals surface area contributed by atoms with Crippen molar-refractivity contribution in [3.05, 3.63) is 65.5 Å². The van der Waals surface area contributed by atoms with Gasteiger partial charge >= 0.3 is 6.18 Å². The van der Waals surface area contributed by atoms with Crippen molar-refractivity contribution in [1.82, 2.24) is 14.9 Å². The molecule has 1 saturated heterocycles. The molecule has 0 bridgehead atoms. The number of benzene rings is 1. The second-order valence-corrected chi connectivity index (χ2v) is 6.78. The van der Waals surface area contributed by atoms with Crippen molar-refractivity contribution < 1.29 is 18.0 Å². The number of amides is 1. The third-order valence-corrected chi connectivity index (χ3v) is 5.11. The molecule has 0 radical (unpaired) electrons. The maximum absolute atomic E-state index is 13.3. The van der Waals surface area contributed by atoms with Crippen LogP contribution >= 0.6 is 0 Å². The fourth-order valence-electron chi connectivity index (χ4n) is 3.75. The molecule has 0 saturated carbocycles. The van der Waals surface area contributed by atoms with Crippen LogP contribution in [0.5, 0.6) is 0 Å². The summed E-state index contributed by atoms with van der Waals surface area (Å²) in [6, 6.07) is 11.2. The van der Waals surface area contributed by atoms with E-state index in [0.717, 1.165) is 11.5 Å². The van der Waals surface area contributed by atoms with E-state index >= 15 is 0 Å². The van der Waals surface area contributed by atoms with Crippen LogP contribution in [0.4, 0.5) is 13.2 Å². The molecule has 0 spiro atoms. The van der Waals surface area contributed by atoms with Crippen LogP contribution in [0.15, 0.2) is 48.7 Å². The van der Waals surface area contributed by atoms with Crippen molar-refractivity contribution in [2.24, 2.45) is 0 Å². The van der Waals surface area contributed by atoms with Crippen molar-refractivity contribution in [3.8, 4) is 0 Å². The summed E-state index contributed by atoms with van der Waals surface area (Å²) in [5.74, 6) is -0.341. The number of fused-ring (bicyclic) bond motifs is 1. The monoisotopic (exact) mass is 373 g/mol. The van der Waals surface area contributed by atoms with Crippen molar-refractivity contribution >= 4 is 16.9 Å². The van der Waals surface area contributed by atoms with Crippen LogP contribution in [-0.4, -0.2) is 33.9 Å². The molecular formula is C20H18F3N3O. The number of hydrogen-bond acceptors (Lipinski definition) is 2. The Bertz CT molecular complexity index is 939. The lowest BCUT2D eigenvalue weighted by Gasteiger charge is -2.33. The number of piperidine rings is 1. The van der Waals surface area contributed by atoms with Crippen molar-refractivity contribution in [3.63, 3.8) is 0 Å². The summed E-state index contributed by atoms with van der Waals surface area (Å²) in [6.07, 6.45) is -1.69. The summed E-state index contributed by atoms with van der Waals surface area (Å²) < 4.78 is 39.8. The molecule has 1 N–H and O–H groups in total. The first-order valence-corrected chi connectivity index (χ1v) is 8.82. The average Bonchev–Trinajstić information content (AvgIpc) is 3.11. The maximum Gasteiger partial charge on any atom is 0.416 e. The first-order valence-electron chi connectivity index (χ1n) is 8.82. The summed E-state index contributed by atoms with van der Waals surface area (Å²) in [4.78, 5) is 21.6. The van der Waals surface area contributed by atoms with Gasteiger partial charge in [-0.1, -0.05) is 18.2 Å². The number of carbonyl (C=O) groups excluding carboxylic acids is 1. The lowest BCUT2D eigenvalue weighted by atomic mass is 9.86. The van der Waals surface area contributed by atoms with Crippen LogP contribution in [0.25, 0.3) is 11.0 Å². The molecule has 1 aliphatic heterocycles. The molecular weight excluding hydrogens is 355 g/mol. The van der Waals surface area contributed by atoms with Gasteiger partial charge in [0, 0.05) is 24.7 Å². The van der Waals surface area contributed by atoms with Gasteiger partial charge in [-0.2, -0.15) is 13.2 Å². The zero-order chi connectivity index (χ0) is 19.0. The number of hydrogen-bond donors (Lipinski definition) is 1. The molecule has 1 fully saturated rings. The molecule has 27 heavy (non-hydrogen) atoms. The van der Waals surface area contributed by atoms with Gasteiger partial charge in [0.15, 0.2) is 0 Å². The zero-order valence-corrected chi connectivity index (χ0v) is 14.5. The third-order valence-electron chi connectivity index (χ3n) is 5.11. The van der Waals surface area contributed by atoms with Gasteiger partial charge in [0.2, 0.25) is 0 Å². The molecule has 1 aromatic carbocycles. The smallest absolute Gasteiger partial charge is 0.337 e. The predicted molar refractivity (Wildman–Crippen MR) is 95.4 cm³/mol. The van der Waals surface area contributed by atoms with E-state index in [-0.39, 0.29) is 11.8 Å². The number of pyridine rings is 1. The van der Waals surface area contributed by atoms with E-state index in [1.54, 1.807) is 35.4 Å². The van der Waals surface area contributed by atoms with Gasteiger partial charge in [-0.15, -0.1) is 0 Å². The number of rotatable bonds is 2. The number of alkyl halides is 3. The lowest BCUT2D eigenvalue weighted by molar-refractivity contribution is -0.138. The highest BCUT2D eigenvalue weighted by Crippen LogP contribution is 2.38. The summed E-state index contributed by atoms with van der Waals surface area (Å²) in [6.45, 7) is 0.858. The minimum Gasteiger partial charge on any atom is -0.337 e. The number of aromatic amines is 1. The normalized spacial score (nSPS) is 16.0. The Morgan fingerprint density at radius 3 is 2.56 bits per heavy atom. The largest absolute Gasteiger partial charge is 0.416 e. The van der Waals surface area contributed by atoms with Gasteiger partial charge in [0.25, 0.3) is 5.91 Å². The van der Waals surface area contributed by atoms with E-state index < -0.39 is 11.7 Å². The average molecular weight is 373 g/mol. The third kappa shape index (κ3) is 3.41. The SMILES string of the molecule is O=C(c1cc2cccnc2[nH]1)N1CCC(c2ccccc2C(F)(F)F)CC1. The molecule has 0 atom stereocenters. The van der Waals surface area contributed by atoms with E-state index in [1.807, 2.05) is 6.07 Å². The number of nitrogens with one attached hydrogen (secondary N) is 1. The van der Waals surface area contributed by atoms with Gasteiger partial charge in [-0.25, -0.2) is 4.98 Å². The van der Waals surface area contributed by atoms with E-state index in [9.17, 15) is 18.0 Å². The molecule has 140 valence electrons. The Balaban J connectivity index is 1.49.